The van der Waals surface area contributed by atoms with E-state index in [-0.39, 0.29) is 5.82 Å². The van der Waals surface area contributed by atoms with Crippen molar-refractivity contribution in [1.29, 1.82) is 0 Å². The molecule has 2 rings (SSSR count). The number of rotatable bonds is 2. The van der Waals surface area contributed by atoms with E-state index in [4.69, 9.17) is 4.74 Å². The fraction of sp³-hybridized carbons (Fsp3) is 0.562. The molecular formula is C16H21FO3. The van der Waals surface area contributed by atoms with Crippen LogP contribution in [0.4, 0.5) is 4.39 Å². The van der Waals surface area contributed by atoms with Gasteiger partial charge in [-0.15, -0.1) is 0 Å². The van der Waals surface area contributed by atoms with Crippen LogP contribution in [-0.2, 0) is 21.6 Å². The van der Waals surface area contributed by atoms with Crippen LogP contribution in [0, 0.1) is 11.7 Å². The van der Waals surface area contributed by atoms with Crippen molar-refractivity contribution in [2.24, 2.45) is 5.92 Å². The van der Waals surface area contributed by atoms with Gasteiger partial charge in [-0.05, 0) is 63.8 Å². The van der Waals surface area contributed by atoms with E-state index in [1.165, 1.54) is 12.1 Å². The molecule has 0 radical (unpaired) electrons. The van der Waals surface area contributed by atoms with Gasteiger partial charge in [-0.2, -0.15) is 0 Å². The van der Waals surface area contributed by atoms with Crippen LogP contribution in [-0.4, -0.2) is 16.7 Å². The smallest absolute Gasteiger partial charge is 0.312 e. The zero-order valence-corrected chi connectivity index (χ0v) is 12.4. The predicted molar refractivity (Wildman–Crippen MR) is 73.6 cm³/mol. The van der Waals surface area contributed by atoms with E-state index in [9.17, 15) is 14.3 Å². The highest BCUT2D eigenvalue weighted by Crippen LogP contribution is 2.43. The standard InChI is InChI=1S/C16H21FO3/c1-10(14(18)20-15(2,3)4)16(19)8-7-11-9-12(17)5-6-13(11)16/h5-6,9-10,19H,7-8H2,1-4H3. The molecule has 20 heavy (non-hydrogen) atoms. The molecule has 0 bridgehead atoms. The first-order valence-corrected chi connectivity index (χ1v) is 6.87. The number of ether oxygens (including phenoxy) is 1. The molecule has 0 heterocycles. The molecule has 4 heteroatoms. The minimum atomic E-state index is -1.27. The Balaban J connectivity index is 2.28. The third kappa shape index (κ3) is 2.70. The maximum atomic E-state index is 13.2. The quantitative estimate of drug-likeness (QED) is 0.847. The average molecular weight is 280 g/mol. The maximum absolute atomic E-state index is 13.2. The van der Waals surface area contributed by atoms with E-state index in [1.54, 1.807) is 33.8 Å². The summed E-state index contributed by atoms with van der Waals surface area (Å²) in [7, 11) is 0. The zero-order valence-electron chi connectivity index (χ0n) is 12.4. The first kappa shape index (κ1) is 15.0. The summed E-state index contributed by atoms with van der Waals surface area (Å²) in [6, 6.07) is 4.31. The number of carbonyl (C=O) groups is 1. The lowest BCUT2D eigenvalue weighted by atomic mass is 9.83. The third-order valence-corrected chi connectivity index (χ3v) is 3.79. The van der Waals surface area contributed by atoms with Crippen LogP contribution in [0.3, 0.4) is 0 Å². The Hall–Kier alpha value is -1.42. The van der Waals surface area contributed by atoms with Gasteiger partial charge in [0, 0.05) is 0 Å². The maximum Gasteiger partial charge on any atom is 0.312 e. The molecule has 1 aromatic rings. The molecule has 1 aliphatic carbocycles. The number of halogens is 1. The zero-order chi connectivity index (χ0) is 15.1. The number of hydrogen-bond donors (Lipinski definition) is 1. The molecule has 3 nitrogen and oxygen atoms in total. The van der Waals surface area contributed by atoms with Crippen LogP contribution < -0.4 is 0 Å². The lowest BCUT2D eigenvalue weighted by Crippen LogP contribution is -2.39. The molecule has 0 saturated heterocycles. The van der Waals surface area contributed by atoms with Crippen LogP contribution in [0.1, 0.15) is 45.2 Å². The molecule has 0 amide bonds. The number of esters is 1. The summed E-state index contributed by atoms with van der Waals surface area (Å²) in [5.41, 5.74) is -0.461. The summed E-state index contributed by atoms with van der Waals surface area (Å²) in [6.07, 6.45) is 0.975. The van der Waals surface area contributed by atoms with Crippen molar-refractivity contribution in [3.63, 3.8) is 0 Å². The fourth-order valence-electron chi connectivity index (χ4n) is 2.69. The van der Waals surface area contributed by atoms with E-state index < -0.39 is 23.1 Å². The Bertz CT molecular complexity index is 533. The van der Waals surface area contributed by atoms with E-state index >= 15 is 0 Å². The minimum Gasteiger partial charge on any atom is -0.460 e. The molecule has 1 aliphatic rings. The van der Waals surface area contributed by atoms with Gasteiger partial charge in [0.1, 0.15) is 17.0 Å². The molecule has 0 saturated carbocycles. The number of aliphatic hydroxyl groups is 1. The van der Waals surface area contributed by atoms with Gasteiger partial charge in [-0.1, -0.05) is 6.07 Å². The molecule has 1 aromatic carbocycles. The lowest BCUT2D eigenvalue weighted by Gasteiger charge is -2.32. The van der Waals surface area contributed by atoms with Crippen LogP contribution in [0.2, 0.25) is 0 Å². The number of benzene rings is 1. The molecule has 1 N–H and O–H groups in total. The van der Waals surface area contributed by atoms with Gasteiger partial charge in [0.2, 0.25) is 0 Å². The molecule has 0 aromatic heterocycles. The molecule has 2 unspecified atom stereocenters. The Kier molecular flexibility index (Phi) is 3.63. The number of hydrogen-bond acceptors (Lipinski definition) is 3. The van der Waals surface area contributed by atoms with Crippen molar-refractivity contribution < 1.29 is 19.0 Å². The van der Waals surface area contributed by atoms with Crippen molar-refractivity contribution >= 4 is 5.97 Å². The SMILES string of the molecule is CC(C(=O)OC(C)(C)C)C1(O)CCc2cc(F)ccc21. The normalized spacial score (nSPS) is 23.3. The highest BCUT2D eigenvalue weighted by molar-refractivity contribution is 5.74. The lowest BCUT2D eigenvalue weighted by molar-refractivity contribution is -0.169. The van der Waals surface area contributed by atoms with Gasteiger partial charge < -0.3 is 9.84 Å². The van der Waals surface area contributed by atoms with Gasteiger partial charge >= 0.3 is 5.97 Å². The van der Waals surface area contributed by atoms with E-state index in [2.05, 4.69) is 0 Å². The van der Waals surface area contributed by atoms with Crippen LogP contribution >= 0.6 is 0 Å². The summed E-state index contributed by atoms with van der Waals surface area (Å²) in [5.74, 6) is -1.44. The molecular weight excluding hydrogens is 259 g/mol. The van der Waals surface area contributed by atoms with Crippen molar-refractivity contribution in [2.75, 3.05) is 0 Å². The average Bonchev–Trinajstić information content (AvgIpc) is 2.64. The van der Waals surface area contributed by atoms with Gasteiger partial charge in [-0.3, -0.25) is 4.79 Å². The predicted octanol–water partition coefficient (Wildman–Crippen LogP) is 2.94. The van der Waals surface area contributed by atoms with Crippen molar-refractivity contribution in [2.45, 2.75) is 51.7 Å². The molecule has 2 atom stereocenters. The van der Waals surface area contributed by atoms with Gasteiger partial charge in [0.15, 0.2) is 0 Å². The Labute approximate surface area is 118 Å². The van der Waals surface area contributed by atoms with Crippen molar-refractivity contribution in [1.82, 2.24) is 0 Å². The number of fused-ring (bicyclic) bond motifs is 1. The summed E-state index contributed by atoms with van der Waals surface area (Å²) in [5, 5.41) is 10.8. The van der Waals surface area contributed by atoms with Crippen LogP contribution in [0.15, 0.2) is 18.2 Å². The molecule has 110 valence electrons. The van der Waals surface area contributed by atoms with Crippen molar-refractivity contribution in [3.05, 3.63) is 35.1 Å². The highest BCUT2D eigenvalue weighted by Gasteiger charge is 2.46. The monoisotopic (exact) mass is 280 g/mol. The summed E-state index contributed by atoms with van der Waals surface area (Å²) >= 11 is 0. The Morgan fingerprint density at radius 3 is 2.70 bits per heavy atom. The van der Waals surface area contributed by atoms with E-state index in [0.29, 0.717) is 18.4 Å². The van der Waals surface area contributed by atoms with Gasteiger partial charge in [-0.25, -0.2) is 4.39 Å². The van der Waals surface area contributed by atoms with Crippen LogP contribution in [0.25, 0.3) is 0 Å². The topological polar surface area (TPSA) is 46.5 Å². The van der Waals surface area contributed by atoms with Crippen LogP contribution in [0.5, 0.6) is 0 Å². The Morgan fingerprint density at radius 1 is 1.45 bits per heavy atom. The minimum absolute atomic E-state index is 0.321. The second-order valence-electron chi connectivity index (χ2n) is 6.48. The highest BCUT2D eigenvalue weighted by atomic mass is 19.1. The second kappa shape index (κ2) is 4.85. The second-order valence-corrected chi connectivity index (χ2v) is 6.48. The number of carbonyl (C=O) groups excluding carboxylic acids is 1. The summed E-state index contributed by atoms with van der Waals surface area (Å²) in [4.78, 5) is 12.2. The van der Waals surface area contributed by atoms with E-state index in [1.807, 2.05) is 0 Å². The summed E-state index contributed by atoms with van der Waals surface area (Å²) in [6.45, 7) is 7.03. The third-order valence-electron chi connectivity index (χ3n) is 3.79. The first-order valence-electron chi connectivity index (χ1n) is 6.87. The van der Waals surface area contributed by atoms with Gasteiger partial charge in [0.05, 0.1) is 5.92 Å². The molecule has 0 aliphatic heterocycles. The van der Waals surface area contributed by atoms with E-state index in [0.717, 1.165) is 5.56 Å². The van der Waals surface area contributed by atoms with Crippen molar-refractivity contribution in [3.8, 4) is 0 Å². The summed E-state index contributed by atoms with van der Waals surface area (Å²) < 4.78 is 18.6. The first-order chi connectivity index (χ1) is 9.13. The molecule has 0 fully saturated rings. The Morgan fingerprint density at radius 2 is 2.10 bits per heavy atom. The number of aryl methyl sites for hydroxylation is 1. The van der Waals surface area contributed by atoms with Gasteiger partial charge in [0.25, 0.3) is 0 Å². The fourth-order valence-corrected chi connectivity index (χ4v) is 2.69. The molecule has 0 spiro atoms. The largest absolute Gasteiger partial charge is 0.460 e.